The lowest BCUT2D eigenvalue weighted by Crippen LogP contribution is -2.34. The summed E-state index contributed by atoms with van der Waals surface area (Å²) in [4.78, 5) is 15.4. The molecule has 0 bridgehead atoms. The number of pyridine rings is 1. The Kier molecular flexibility index (Phi) is 4.98. The zero-order valence-corrected chi connectivity index (χ0v) is 9.82. The predicted octanol–water partition coefficient (Wildman–Crippen LogP) is 0.955. The Morgan fingerprint density at radius 1 is 1.59 bits per heavy atom. The largest absolute Gasteiger partial charge is 0.384 e. The Labute approximate surface area is 100 Å². The number of aliphatic hydroxyl groups is 1. The van der Waals surface area contributed by atoms with Crippen LogP contribution >= 0.6 is 0 Å². The summed E-state index contributed by atoms with van der Waals surface area (Å²) in [6, 6.07) is 3.10. The van der Waals surface area contributed by atoms with Gasteiger partial charge in [-0.2, -0.15) is 0 Å². The molecule has 90 valence electrons. The van der Waals surface area contributed by atoms with E-state index in [4.69, 9.17) is 5.11 Å². The molecule has 0 saturated carbocycles. The van der Waals surface area contributed by atoms with Gasteiger partial charge in [0.1, 0.15) is 12.4 Å². The van der Waals surface area contributed by atoms with Gasteiger partial charge in [0.05, 0.1) is 0 Å². The zero-order chi connectivity index (χ0) is 12.7. The summed E-state index contributed by atoms with van der Waals surface area (Å²) in [7, 11) is 0. The SMILES string of the molecule is CC(C)NC(=O)Nc1cc(C#CCO)ccn1. The molecule has 0 spiro atoms. The molecule has 0 aliphatic carbocycles. The third-order valence-electron chi connectivity index (χ3n) is 1.73. The number of hydrogen-bond donors (Lipinski definition) is 3. The van der Waals surface area contributed by atoms with Crippen molar-refractivity contribution in [2.75, 3.05) is 11.9 Å². The van der Waals surface area contributed by atoms with Crippen molar-refractivity contribution in [3.8, 4) is 11.8 Å². The number of anilines is 1. The fourth-order valence-corrected chi connectivity index (χ4v) is 1.13. The van der Waals surface area contributed by atoms with Crippen LogP contribution in [0.25, 0.3) is 0 Å². The van der Waals surface area contributed by atoms with Gasteiger partial charge in [-0.15, -0.1) is 0 Å². The fraction of sp³-hybridized carbons (Fsp3) is 0.333. The minimum atomic E-state index is -0.306. The Hall–Kier alpha value is -2.06. The molecule has 3 N–H and O–H groups in total. The monoisotopic (exact) mass is 233 g/mol. The summed E-state index contributed by atoms with van der Waals surface area (Å²) in [5, 5.41) is 13.9. The second-order valence-corrected chi connectivity index (χ2v) is 3.64. The molecule has 0 aliphatic rings. The lowest BCUT2D eigenvalue weighted by atomic mass is 10.2. The third kappa shape index (κ3) is 5.00. The number of carbonyl (C=O) groups is 1. The average Bonchev–Trinajstić information content (AvgIpc) is 2.25. The molecule has 0 radical (unpaired) electrons. The predicted molar refractivity (Wildman–Crippen MR) is 65.5 cm³/mol. The molecule has 0 aliphatic heterocycles. The van der Waals surface area contributed by atoms with Crippen LogP contribution < -0.4 is 10.6 Å². The maximum atomic E-state index is 11.4. The van der Waals surface area contributed by atoms with Gasteiger partial charge in [-0.1, -0.05) is 11.8 Å². The maximum absolute atomic E-state index is 11.4. The number of urea groups is 1. The van der Waals surface area contributed by atoms with E-state index >= 15 is 0 Å². The van der Waals surface area contributed by atoms with Crippen molar-refractivity contribution in [3.05, 3.63) is 23.9 Å². The molecule has 0 aromatic carbocycles. The van der Waals surface area contributed by atoms with E-state index < -0.39 is 0 Å². The zero-order valence-electron chi connectivity index (χ0n) is 9.82. The highest BCUT2D eigenvalue weighted by Gasteiger charge is 2.03. The molecular weight excluding hydrogens is 218 g/mol. The standard InChI is InChI=1S/C12H15N3O2/c1-9(2)14-12(17)15-11-8-10(4-3-7-16)5-6-13-11/h5-6,8-9,16H,7H2,1-2H3,(H2,13,14,15,17). The minimum absolute atomic E-state index is 0.0624. The number of aromatic nitrogens is 1. The smallest absolute Gasteiger partial charge is 0.320 e. The van der Waals surface area contributed by atoms with Gasteiger partial charge in [-0.3, -0.25) is 5.32 Å². The van der Waals surface area contributed by atoms with Crippen LogP contribution in [0.1, 0.15) is 19.4 Å². The van der Waals surface area contributed by atoms with E-state index in [-0.39, 0.29) is 18.7 Å². The Morgan fingerprint density at radius 3 is 3.00 bits per heavy atom. The van der Waals surface area contributed by atoms with Gasteiger partial charge in [-0.25, -0.2) is 9.78 Å². The van der Waals surface area contributed by atoms with Gasteiger partial charge in [0.2, 0.25) is 0 Å². The summed E-state index contributed by atoms with van der Waals surface area (Å²) in [5.41, 5.74) is 0.689. The molecule has 1 aromatic rings. The number of nitrogens with one attached hydrogen (secondary N) is 2. The number of nitrogens with zero attached hydrogens (tertiary/aromatic N) is 1. The fourth-order valence-electron chi connectivity index (χ4n) is 1.13. The molecule has 17 heavy (non-hydrogen) atoms. The molecule has 5 nitrogen and oxygen atoms in total. The summed E-state index contributed by atoms with van der Waals surface area (Å²) in [5.74, 6) is 5.69. The molecule has 0 fully saturated rings. The number of rotatable bonds is 2. The topological polar surface area (TPSA) is 74.2 Å². The Balaban J connectivity index is 2.68. The van der Waals surface area contributed by atoms with Crippen LogP contribution in [-0.2, 0) is 0 Å². The second kappa shape index (κ2) is 6.51. The van der Waals surface area contributed by atoms with Crippen molar-refractivity contribution in [1.29, 1.82) is 0 Å². The molecule has 5 heteroatoms. The first kappa shape index (κ1) is 13.0. The third-order valence-corrected chi connectivity index (χ3v) is 1.73. The van der Waals surface area contributed by atoms with Crippen molar-refractivity contribution in [2.24, 2.45) is 0 Å². The number of amides is 2. The van der Waals surface area contributed by atoms with E-state index in [1.807, 2.05) is 13.8 Å². The molecular formula is C12H15N3O2. The first-order chi connectivity index (χ1) is 8.11. The van der Waals surface area contributed by atoms with E-state index in [0.29, 0.717) is 11.4 Å². The van der Waals surface area contributed by atoms with E-state index in [1.54, 1.807) is 18.3 Å². The molecule has 1 rings (SSSR count). The summed E-state index contributed by atoms with van der Waals surface area (Å²) in [6.45, 7) is 3.55. The van der Waals surface area contributed by atoms with Gasteiger partial charge >= 0.3 is 6.03 Å². The quantitative estimate of drug-likeness (QED) is 0.666. The van der Waals surface area contributed by atoms with Crippen LogP contribution in [0.3, 0.4) is 0 Å². The van der Waals surface area contributed by atoms with Gasteiger partial charge in [0, 0.05) is 17.8 Å². The molecule has 1 heterocycles. The van der Waals surface area contributed by atoms with Crippen molar-refractivity contribution < 1.29 is 9.90 Å². The molecule has 0 saturated heterocycles. The highest BCUT2D eigenvalue weighted by Crippen LogP contribution is 2.05. The second-order valence-electron chi connectivity index (χ2n) is 3.64. The van der Waals surface area contributed by atoms with E-state index in [0.717, 1.165) is 0 Å². The van der Waals surface area contributed by atoms with E-state index in [1.165, 1.54) is 0 Å². The Bertz CT molecular complexity index is 447. The first-order valence-corrected chi connectivity index (χ1v) is 5.25. The van der Waals surface area contributed by atoms with Crippen LogP contribution in [0.15, 0.2) is 18.3 Å². The van der Waals surface area contributed by atoms with Crippen molar-refractivity contribution >= 4 is 11.8 Å². The van der Waals surface area contributed by atoms with Crippen LogP contribution in [0, 0.1) is 11.8 Å². The molecule has 1 aromatic heterocycles. The van der Waals surface area contributed by atoms with Crippen molar-refractivity contribution in [2.45, 2.75) is 19.9 Å². The summed E-state index contributed by atoms with van der Waals surface area (Å²) < 4.78 is 0. The van der Waals surface area contributed by atoms with Gasteiger partial charge in [0.25, 0.3) is 0 Å². The van der Waals surface area contributed by atoms with Crippen LogP contribution in [0.4, 0.5) is 10.6 Å². The van der Waals surface area contributed by atoms with Crippen LogP contribution in [0.5, 0.6) is 0 Å². The van der Waals surface area contributed by atoms with Gasteiger partial charge < -0.3 is 10.4 Å². The maximum Gasteiger partial charge on any atom is 0.320 e. The first-order valence-electron chi connectivity index (χ1n) is 5.25. The van der Waals surface area contributed by atoms with Crippen LogP contribution in [0.2, 0.25) is 0 Å². The van der Waals surface area contributed by atoms with Crippen LogP contribution in [-0.4, -0.2) is 28.8 Å². The highest BCUT2D eigenvalue weighted by atomic mass is 16.2. The number of carbonyl (C=O) groups excluding carboxylic acids is 1. The molecule has 2 amide bonds. The minimum Gasteiger partial charge on any atom is -0.384 e. The highest BCUT2D eigenvalue weighted by molar-refractivity contribution is 5.88. The van der Waals surface area contributed by atoms with E-state index in [9.17, 15) is 4.79 Å². The van der Waals surface area contributed by atoms with Crippen molar-refractivity contribution in [3.63, 3.8) is 0 Å². The van der Waals surface area contributed by atoms with Gasteiger partial charge in [-0.05, 0) is 26.0 Å². The van der Waals surface area contributed by atoms with Gasteiger partial charge in [0.15, 0.2) is 0 Å². The lowest BCUT2D eigenvalue weighted by Gasteiger charge is -2.09. The molecule has 0 atom stereocenters. The number of aliphatic hydroxyl groups excluding tert-OH is 1. The lowest BCUT2D eigenvalue weighted by molar-refractivity contribution is 0.250. The number of hydrogen-bond acceptors (Lipinski definition) is 3. The van der Waals surface area contributed by atoms with Crippen molar-refractivity contribution in [1.82, 2.24) is 10.3 Å². The van der Waals surface area contributed by atoms with E-state index in [2.05, 4.69) is 27.5 Å². The summed E-state index contributed by atoms with van der Waals surface area (Å²) >= 11 is 0. The average molecular weight is 233 g/mol. The summed E-state index contributed by atoms with van der Waals surface area (Å²) in [6.07, 6.45) is 1.55. The Morgan fingerprint density at radius 2 is 2.35 bits per heavy atom. The molecule has 0 unspecified atom stereocenters. The normalized spacial score (nSPS) is 9.41.